The van der Waals surface area contributed by atoms with E-state index in [9.17, 15) is 13.9 Å². The second-order valence-corrected chi connectivity index (χ2v) is 5.16. The quantitative estimate of drug-likeness (QED) is 0.847. The molecular weight excluding hydrogens is 236 g/mol. The standard InChI is InChI=1S/C14H21F2NO/c1-10(2)9-17(3)5-4-14(18)11-6-12(15)8-13(16)7-11/h6-8,10,14,18H,4-5,9H2,1-3H3. The molecule has 1 aromatic carbocycles. The Morgan fingerprint density at radius 1 is 1.17 bits per heavy atom. The molecule has 1 N–H and O–H groups in total. The summed E-state index contributed by atoms with van der Waals surface area (Å²) in [6, 6.07) is 3.16. The van der Waals surface area contributed by atoms with E-state index in [0.717, 1.165) is 12.6 Å². The maximum absolute atomic E-state index is 13.0. The van der Waals surface area contributed by atoms with Crippen LogP contribution in [0.5, 0.6) is 0 Å². The molecule has 0 aliphatic rings. The Balaban J connectivity index is 2.52. The number of halogens is 2. The van der Waals surface area contributed by atoms with Crippen molar-refractivity contribution in [2.24, 2.45) is 5.92 Å². The number of aliphatic hydroxyl groups excluding tert-OH is 1. The van der Waals surface area contributed by atoms with Crippen LogP contribution in [0.15, 0.2) is 18.2 Å². The molecule has 0 heterocycles. The lowest BCUT2D eigenvalue weighted by molar-refractivity contribution is 0.145. The maximum Gasteiger partial charge on any atom is 0.126 e. The molecule has 18 heavy (non-hydrogen) atoms. The molecule has 0 aliphatic carbocycles. The molecule has 1 atom stereocenters. The summed E-state index contributed by atoms with van der Waals surface area (Å²) in [7, 11) is 1.97. The van der Waals surface area contributed by atoms with Gasteiger partial charge in [0.25, 0.3) is 0 Å². The predicted octanol–water partition coefficient (Wildman–Crippen LogP) is 2.98. The van der Waals surface area contributed by atoms with Gasteiger partial charge in [0.2, 0.25) is 0 Å². The van der Waals surface area contributed by atoms with Crippen LogP contribution in [0.4, 0.5) is 8.78 Å². The summed E-state index contributed by atoms with van der Waals surface area (Å²) >= 11 is 0. The number of benzene rings is 1. The second kappa shape index (κ2) is 6.81. The molecule has 0 radical (unpaired) electrons. The van der Waals surface area contributed by atoms with Crippen molar-refractivity contribution in [1.82, 2.24) is 4.90 Å². The highest BCUT2D eigenvalue weighted by atomic mass is 19.1. The smallest absolute Gasteiger partial charge is 0.126 e. The fourth-order valence-corrected chi connectivity index (χ4v) is 1.99. The third-order valence-electron chi connectivity index (χ3n) is 2.73. The van der Waals surface area contributed by atoms with E-state index in [4.69, 9.17) is 0 Å². The van der Waals surface area contributed by atoms with E-state index >= 15 is 0 Å². The number of hydrogen-bond donors (Lipinski definition) is 1. The SMILES string of the molecule is CC(C)CN(C)CCC(O)c1cc(F)cc(F)c1. The molecule has 0 fully saturated rings. The van der Waals surface area contributed by atoms with Crippen LogP contribution in [0.2, 0.25) is 0 Å². The summed E-state index contributed by atoms with van der Waals surface area (Å²) < 4.78 is 26.0. The monoisotopic (exact) mass is 257 g/mol. The Bertz CT molecular complexity index is 362. The van der Waals surface area contributed by atoms with Gasteiger partial charge in [0.15, 0.2) is 0 Å². The molecule has 0 spiro atoms. The topological polar surface area (TPSA) is 23.5 Å². The van der Waals surface area contributed by atoms with Crippen molar-refractivity contribution in [3.05, 3.63) is 35.4 Å². The Labute approximate surface area is 107 Å². The largest absolute Gasteiger partial charge is 0.388 e. The third-order valence-corrected chi connectivity index (χ3v) is 2.73. The Morgan fingerprint density at radius 3 is 2.22 bits per heavy atom. The van der Waals surface area contributed by atoms with E-state index in [0.29, 0.717) is 24.4 Å². The van der Waals surface area contributed by atoms with Crippen LogP contribution in [0.3, 0.4) is 0 Å². The van der Waals surface area contributed by atoms with Gasteiger partial charge in [0.1, 0.15) is 11.6 Å². The first kappa shape index (κ1) is 15.1. The first-order valence-electron chi connectivity index (χ1n) is 6.21. The fourth-order valence-electron chi connectivity index (χ4n) is 1.99. The number of hydrogen-bond acceptors (Lipinski definition) is 2. The van der Waals surface area contributed by atoms with Crippen molar-refractivity contribution in [2.75, 3.05) is 20.1 Å². The predicted molar refractivity (Wildman–Crippen MR) is 68.3 cm³/mol. The normalized spacial score (nSPS) is 13.3. The Hall–Kier alpha value is -1.00. The minimum Gasteiger partial charge on any atom is -0.388 e. The molecule has 0 bridgehead atoms. The molecule has 1 aromatic rings. The van der Waals surface area contributed by atoms with Crippen molar-refractivity contribution in [1.29, 1.82) is 0 Å². The highest BCUT2D eigenvalue weighted by molar-refractivity contribution is 5.20. The highest BCUT2D eigenvalue weighted by Crippen LogP contribution is 2.19. The highest BCUT2D eigenvalue weighted by Gasteiger charge is 2.12. The Kier molecular flexibility index (Phi) is 5.69. The molecule has 0 saturated heterocycles. The lowest BCUT2D eigenvalue weighted by Crippen LogP contribution is -2.25. The van der Waals surface area contributed by atoms with Crippen molar-refractivity contribution in [2.45, 2.75) is 26.4 Å². The second-order valence-electron chi connectivity index (χ2n) is 5.16. The van der Waals surface area contributed by atoms with Crippen LogP contribution in [-0.4, -0.2) is 30.1 Å². The zero-order chi connectivity index (χ0) is 13.7. The number of nitrogens with zero attached hydrogens (tertiary/aromatic N) is 1. The van der Waals surface area contributed by atoms with Gasteiger partial charge < -0.3 is 10.0 Å². The van der Waals surface area contributed by atoms with Gasteiger partial charge in [-0.05, 0) is 37.1 Å². The third kappa shape index (κ3) is 5.10. The summed E-state index contributed by atoms with van der Waals surface area (Å²) in [5.74, 6) is -0.752. The van der Waals surface area contributed by atoms with E-state index in [1.165, 1.54) is 12.1 Å². The van der Waals surface area contributed by atoms with E-state index in [1.54, 1.807) is 0 Å². The zero-order valence-corrected chi connectivity index (χ0v) is 11.2. The zero-order valence-electron chi connectivity index (χ0n) is 11.2. The number of aliphatic hydroxyl groups is 1. The van der Waals surface area contributed by atoms with Gasteiger partial charge in [-0.25, -0.2) is 8.78 Å². The molecule has 0 aromatic heterocycles. The molecule has 0 amide bonds. The average Bonchev–Trinajstić information content (AvgIpc) is 2.23. The summed E-state index contributed by atoms with van der Waals surface area (Å²) in [6.07, 6.45) is -0.364. The van der Waals surface area contributed by atoms with Crippen molar-refractivity contribution >= 4 is 0 Å². The lowest BCUT2D eigenvalue weighted by Gasteiger charge is -2.20. The summed E-state index contributed by atoms with van der Waals surface area (Å²) in [5, 5.41) is 9.89. The number of rotatable bonds is 6. The summed E-state index contributed by atoms with van der Waals surface area (Å²) in [6.45, 7) is 5.87. The van der Waals surface area contributed by atoms with Gasteiger partial charge in [0, 0.05) is 19.2 Å². The van der Waals surface area contributed by atoms with Gasteiger partial charge >= 0.3 is 0 Å². The lowest BCUT2D eigenvalue weighted by atomic mass is 10.1. The fraction of sp³-hybridized carbons (Fsp3) is 0.571. The van der Waals surface area contributed by atoms with E-state index in [2.05, 4.69) is 18.7 Å². The van der Waals surface area contributed by atoms with Gasteiger partial charge in [-0.1, -0.05) is 13.8 Å². The molecule has 4 heteroatoms. The van der Waals surface area contributed by atoms with Crippen LogP contribution >= 0.6 is 0 Å². The molecule has 102 valence electrons. The van der Waals surface area contributed by atoms with E-state index in [1.807, 2.05) is 7.05 Å². The van der Waals surface area contributed by atoms with Gasteiger partial charge in [-0.3, -0.25) is 0 Å². The average molecular weight is 257 g/mol. The van der Waals surface area contributed by atoms with Crippen LogP contribution < -0.4 is 0 Å². The molecule has 0 saturated carbocycles. The Morgan fingerprint density at radius 2 is 1.72 bits per heavy atom. The molecule has 0 aliphatic heterocycles. The van der Waals surface area contributed by atoms with Crippen LogP contribution in [0, 0.1) is 17.6 Å². The molecular formula is C14H21F2NO. The first-order chi connectivity index (χ1) is 8.38. The van der Waals surface area contributed by atoms with Crippen molar-refractivity contribution in [3.63, 3.8) is 0 Å². The van der Waals surface area contributed by atoms with Crippen LogP contribution in [-0.2, 0) is 0 Å². The van der Waals surface area contributed by atoms with Gasteiger partial charge in [0.05, 0.1) is 6.10 Å². The molecule has 1 unspecified atom stereocenters. The van der Waals surface area contributed by atoms with Crippen molar-refractivity contribution in [3.8, 4) is 0 Å². The van der Waals surface area contributed by atoms with Gasteiger partial charge in [-0.15, -0.1) is 0 Å². The minimum absolute atomic E-state index is 0.297. The minimum atomic E-state index is -0.829. The van der Waals surface area contributed by atoms with E-state index < -0.39 is 17.7 Å². The summed E-state index contributed by atoms with van der Waals surface area (Å²) in [5.41, 5.74) is 0.297. The van der Waals surface area contributed by atoms with Crippen LogP contribution in [0.25, 0.3) is 0 Å². The van der Waals surface area contributed by atoms with Crippen molar-refractivity contribution < 1.29 is 13.9 Å². The maximum atomic E-state index is 13.0. The van der Waals surface area contributed by atoms with Gasteiger partial charge in [-0.2, -0.15) is 0 Å². The molecule has 2 nitrogen and oxygen atoms in total. The first-order valence-corrected chi connectivity index (χ1v) is 6.21. The van der Waals surface area contributed by atoms with E-state index in [-0.39, 0.29) is 0 Å². The molecule has 1 rings (SSSR count). The van der Waals surface area contributed by atoms with Crippen LogP contribution in [0.1, 0.15) is 31.9 Å². The summed E-state index contributed by atoms with van der Waals surface area (Å²) in [4.78, 5) is 2.10.